The SMILES string of the molecule is Cc1ccc2cc(-c3nc[nH]c3C(=O)O)[nH]c2c1. The minimum Gasteiger partial charge on any atom is -0.477 e. The van der Waals surface area contributed by atoms with E-state index in [0.717, 1.165) is 16.5 Å². The molecule has 0 fully saturated rings. The number of fused-ring (bicyclic) bond motifs is 1. The fourth-order valence-electron chi connectivity index (χ4n) is 2.03. The van der Waals surface area contributed by atoms with E-state index < -0.39 is 5.97 Å². The number of carboxylic acid groups (broad SMARTS) is 1. The zero-order valence-electron chi connectivity index (χ0n) is 9.69. The summed E-state index contributed by atoms with van der Waals surface area (Å²) in [5.41, 5.74) is 3.35. The molecule has 0 aliphatic rings. The Bertz CT molecular complexity index is 740. The van der Waals surface area contributed by atoms with Crippen LogP contribution in [0.15, 0.2) is 30.6 Å². The van der Waals surface area contributed by atoms with Crippen LogP contribution in [0.5, 0.6) is 0 Å². The maximum absolute atomic E-state index is 11.0. The summed E-state index contributed by atoms with van der Waals surface area (Å²) in [5.74, 6) is -1.02. The van der Waals surface area contributed by atoms with Crippen molar-refractivity contribution in [2.75, 3.05) is 0 Å². The Kier molecular flexibility index (Phi) is 2.19. The number of aromatic amines is 2. The third-order valence-corrected chi connectivity index (χ3v) is 2.89. The van der Waals surface area contributed by atoms with Crippen LogP contribution in [0, 0.1) is 6.92 Å². The number of aromatic carboxylic acids is 1. The standard InChI is InChI=1S/C13H11N3O2/c1-7-2-3-8-5-10(16-9(8)4-7)11-12(13(17)18)15-6-14-11/h2-6,16H,1H3,(H,14,15)(H,17,18). The molecule has 5 nitrogen and oxygen atoms in total. The van der Waals surface area contributed by atoms with E-state index in [-0.39, 0.29) is 5.69 Å². The number of rotatable bonds is 2. The van der Waals surface area contributed by atoms with Gasteiger partial charge in [-0.05, 0) is 24.6 Å². The summed E-state index contributed by atoms with van der Waals surface area (Å²) in [5, 5.41) is 10.1. The van der Waals surface area contributed by atoms with Crippen LogP contribution in [0.4, 0.5) is 0 Å². The molecule has 3 N–H and O–H groups in total. The van der Waals surface area contributed by atoms with Crippen LogP contribution in [-0.4, -0.2) is 26.0 Å². The van der Waals surface area contributed by atoms with Crippen LogP contribution in [0.25, 0.3) is 22.3 Å². The predicted molar refractivity (Wildman–Crippen MR) is 67.6 cm³/mol. The second kappa shape index (κ2) is 3.73. The second-order valence-corrected chi connectivity index (χ2v) is 4.21. The zero-order chi connectivity index (χ0) is 12.7. The van der Waals surface area contributed by atoms with Gasteiger partial charge in [-0.2, -0.15) is 0 Å². The van der Waals surface area contributed by atoms with Gasteiger partial charge in [-0.25, -0.2) is 9.78 Å². The molecule has 0 radical (unpaired) electrons. The highest BCUT2D eigenvalue weighted by molar-refractivity contribution is 5.94. The van der Waals surface area contributed by atoms with Crippen LogP contribution in [0.2, 0.25) is 0 Å². The topological polar surface area (TPSA) is 81.8 Å². The lowest BCUT2D eigenvalue weighted by Gasteiger charge is -1.94. The van der Waals surface area contributed by atoms with Crippen molar-refractivity contribution >= 4 is 16.9 Å². The van der Waals surface area contributed by atoms with Crippen LogP contribution in [0.3, 0.4) is 0 Å². The third kappa shape index (κ3) is 1.57. The summed E-state index contributed by atoms with van der Waals surface area (Å²) in [7, 11) is 0. The molecule has 0 spiro atoms. The van der Waals surface area contributed by atoms with Crippen molar-refractivity contribution in [1.82, 2.24) is 15.0 Å². The van der Waals surface area contributed by atoms with E-state index in [9.17, 15) is 4.79 Å². The molecule has 0 aliphatic carbocycles. The molecule has 3 rings (SSSR count). The average molecular weight is 241 g/mol. The summed E-state index contributed by atoms with van der Waals surface area (Å²) in [6.45, 7) is 2.01. The highest BCUT2D eigenvalue weighted by atomic mass is 16.4. The van der Waals surface area contributed by atoms with Crippen molar-refractivity contribution in [1.29, 1.82) is 0 Å². The number of hydrogen-bond acceptors (Lipinski definition) is 2. The van der Waals surface area contributed by atoms with E-state index in [2.05, 4.69) is 15.0 Å². The van der Waals surface area contributed by atoms with Crippen molar-refractivity contribution in [3.8, 4) is 11.4 Å². The van der Waals surface area contributed by atoms with Gasteiger partial charge < -0.3 is 15.1 Å². The van der Waals surface area contributed by atoms with E-state index in [4.69, 9.17) is 5.11 Å². The number of hydrogen-bond donors (Lipinski definition) is 3. The molecule has 3 aromatic rings. The van der Waals surface area contributed by atoms with Crippen molar-refractivity contribution < 1.29 is 9.90 Å². The van der Waals surface area contributed by atoms with Gasteiger partial charge in [0.25, 0.3) is 0 Å². The third-order valence-electron chi connectivity index (χ3n) is 2.89. The number of carbonyl (C=O) groups is 1. The Morgan fingerprint density at radius 2 is 2.17 bits per heavy atom. The molecule has 1 aromatic carbocycles. The van der Waals surface area contributed by atoms with Gasteiger partial charge >= 0.3 is 5.97 Å². The molecule has 2 heterocycles. The van der Waals surface area contributed by atoms with Crippen LogP contribution < -0.4 is 0 Å². The van der Waals surface area contributed by atoms with Gasteiger partial charge in [0.05, 0.1) is 12.0 Å². The number of imidazole rings is 1. The molecule has 0 saturated carbocycles. The van der Waals surface area contributed by atoms with Gasteiger partial charge in [-0.15, -0.1) is 0 Å². The normalized spacial score (nSPS) is 10.9. The molecule has 0 unspecified atom stereocenters. The van der Waals surface area contributed by atoms with Crippen LogP contribution in [-0.2, 0) is 0 Å². The Hall–Kier alpha value is -2.56. The Balaban J connectivity index is 2.19. The average Bonchev–Trinajstić information content (AvgIpc) is 2.93. The number of aryl methyl sites for hydroxylation is 1. The van der Waals surface area contributed by atoms with Crippen LogP contribution in [0.1, 0.15) is 16.1 Å². The van der Waals surface area contributed by atoms with Gasteiger partial charge in [0.2, 0.25) is 0 Å². The number of nitrogens with zero attached hydrogens (tertiary/aromatic N) is 1. The first-order valence-electron chi connectivity index (χ1n) is 5.51. The van der Waals surface area contributed by atoms with Gasteiger partial charge in [0.15, 0.2) is 5.69 Å². The van der Waals surface area contributed by atoms with Gasteiger partial charge in [0.1, 0.15) is 5.69 Å². The van der Waals surface area contributed by atoms with Gasteiger partial charge in [-0.1, -0.05) is 12.1 Å². The largest absolute Gasteiger partial charge is 0.477 e. The maximum Gasteiger partial charge on any atom is 0.354 e. The fraction of sp³-hybridized carbons (Fsp3) is 0.0769. The minimum absolute atomic E-state index is 0.0956. The first-order chi connectivity index (χ1) is 8.65. The molecular weight excluding hydrogens is 230 g/mol. The number of aromatic nitrogens is 3. The fourth-order valence-corrected chi connectivity index (χ4v) is 2.03. The summed E-state index contributed by atoms with van der Waals surface area (Å²) < 4.78 is 0. The molecule has 5 heteroatoms. The Morgan fingerprint density at radius 1 is 1.33 bits per heavy atom. The van der Waals surface area contributed by atoms with Crippen LogP contribution >= 0.6 is 0 Å². The number of H-pyrrole nitrogens is 2. The first-order valence-corrected chi connectivity index (χ1v) is 5.51. The summed E-state index contributed by atoms with van der Waals surface area (Å²) in [6.07, 6.45) is 1.38. The Labute approximate surface area is 102 Å². The molecule has 0 aliphatic heterocycles. The second-order valence-electron chi connectivity index (χ2n) is 4.21. The van der Waals surface area contributed by atoms with E-state index >= 15 is 0 Å². The van der Waals surface area contributed by atoms with Gasteiger partial charge in [0, 0.05) is 10.9 Å². The number of nitrogens with one attached hydrogen (secondary N) is 2. The zero-order valence-corrected chi connectivity index (χ0v) is 9.69. The Morgan fingerprint density at radius 3 is 2.94 bits per heavy atom. The summed E-state index contributed by atoms with van der Waals surface area (Å²) in [4.78, 5) is 20.9. The monoisotopic (exact) mass is 241 g/mol. The molecular formula is C13H11N3O2. The van der Waals surface area contributed by atoms with E-state index in [1.807, 2.05) is 31.2 Å². The lowest BCUT2D eigenvalue weighted by atomic mass is 10.2. The van der Waals surface area contributed by atoms with Crippen molar-refractivity contribution in [3.05, 3.63) is 41.9 Å². The highest BCUT2D eigenvalue weighted by Gasteiger charge is 2.16. The molecule has 0 atom stereocenters. The van der Waals surface area contributed by atoms with Crippen molar-refractivity contribution in [2.24, 2.45) is 0 Å². The molecule has 0 amide bonds. The summed E-state index contributed by atoms with van der Waals surface area (Å²) >= 11 is 0. The minimum atomic E-state index is -1.02. The quantitative estimate of drug-likeness (QED) is 0.644. The molecule has 2 aromatic heterocycles. The number of benzene rings is 1. The van der Waals surface area contributed by atoms with Gasteiger partial charge in [-0.3, -0.25) is 0 Å². The number of carboxylic acids is 1. The molecule has 18 heavy (non-hydrogen) atoms. The lowest BCUT2D eigenvalue weighted by molar-refractivity contribution is 0.0692. The van der Waals surface area contributed by atoms with Crippen molar-refractivity contribution in [2.45, 2.75) is 6.92 Å². The van der Waals surface area contributed by atoms with E-state index in [0.29, 0.717) is 11.4 Å². The molecule has 90 valence electrons. The lowest BCUT2D eigenvalue weighted by Crippen LogP contribution is -1.99. The maximum atomic E-state index is 11.0. The summed E-state index contributed by atoms with van der Waals surface area (Å²) in [6, 6.07) is 7.93. The van der Waals surface area contributed by atoms with E-state index in [1.54, 1.807) is 0 Å². The molecule has 0 bridgehead atoms. The van der Waals surface area contributed by atoms with Crippen molar-refractivity contribution in [3.63, 3.8) is 0 Å². The first kappa shape index (κ1) is 10.6. The smallest absolute Gasteiger partial charge is 0.354 e. The van der Waals surface area contributed by atoms with E-state index in [1.165, 1.54) is 6.33 Å². The molecule has 0 saturated heterocycles. The predicted octanol–water partition coefficient (Wildman–Crippen LogP) is 2.56. The highest BCUT2D eigenvalue weighted by Crippen LogP contribution is 2.25.